The molecule has 1 aromatic rings. The van der Waals surface area contributed by atoms with Crippen molar-refractivity contribution in [3.05, 3.63) is 35.6 Å². The lowest BCUT2D eigenvalue weighted by molar-refractivity contribution is -0.137. The van der Waals surface area contributed by atoms with E-state index in [-0.39, 0.29) is 36.1 Å². The molecule has 0 aliphatic heterocycles. The lowest BCUT2D eigenvalue weighted by Gasteiger charge is -2.30. The van der Waals surface area contributed by atoms with Crippen LogP contribution in [0.15, 0.2) is 24.3 Å². The second kappa shape index (κ2) is 6.32. The third-order valence-electron chi connectivity index (χ3n) is 4.97. The molecule has 0 saturated heterocycles. The quantitative estimate of drug-likeness (QED) is 0.932. The van der Waals surface area contributed by atoms with E-state index in [0.29, 0.717) is 18.4 Å². The van der Waals surface area contributed by atoms with Gasteiger partial charge in [-0.05, 0) is 48.8 Å². The SMILES string of the molecule is CN(Cc1ccc(F)cc1)C(=O)C1C2CCC(C2)C1N.Cl. The molecule has 1 aromatic carbocycles. The zero-order valence-corrected chi connectivity index (χ0v) is 13.0. The Kier molecular flexibility index (Phi) is 4.89. The number of carbonyl (C=O) groups excluding carboxylic acids is 1. The molecule has 2 aliphatic rings. The monoisotopic (exact) mass is 312 g/mol. The molecule has 2 N–H and O–H groups in total. The number of benzene rings is 1. The molecule has 1 amide bonds. The lowest BCUT2D eigenvalue weighted by atomic mass is 9.84. The van der Waals surface area contributed by atoms with Gasteiger partial charge >= 0.3 is 0 Å². The summed E-state index contributed by atoms with van der Waals surface area (Å²) in [6.07, 6.45) is 3.43. The smallest absolute Gasteiger partial charge is 0.227 e. The number of fused-ring (bicyclic) bond motifs is 2. The zero-order chi connectivity index (χ0) is 14.3. The molecular formula is C16H22ClFN2O. The van der Waals surface area contributed by atoms with Crippen LogP contribution in [0.5, 0.6) is 0 Å². The standard InChI is InChI=1S/C16H21FN2O.ClH/c1-19(9-10-2-6-13(17)7-3-10)16(20)14-11-4-5-12(8-11)15(14)18;/h2-3,6-7,11-12,14-15H,4-5,8-9,18H2,1H3;1H. The first-order chi connectivity index (χ1) is 9.56. The minimum Gasteiger partial charge on any atom is -0.341 e. The van der Waals surface area contributed by atoms with E-state index in [1.165, 1.54) is 18.6 Å². The molecule has 0 aromatic heterocycles. The fraction of sp³-hybridized carbons (Fsp3) is 0.562. The molecule has 2 aliphatic carbocycles. The highest BCUT2D eigenvalue weighted by molar-refractivity contribution is 5.85. The maximum absolute atomic E-state index is 12.9. The normalized spacial score (nSPS) is 30.0. The second-order valence-corrected chi connectivity index (χ2v) is 6.26. The molecule has 0 radical (unpaired) electrons. The van der Waals surface area contributed by atoms with Crippen LogP contribution in [0.1, 0.15) is 24.8 Å². The fourth-order valence-corrected chi connectivity index (χ4v) is 3.90. The van der Waals surface area contributed by atoms with Crippen molar-refractivity contribution in [3.8, 4) is 0 Å². The average molecular weight is 313 g/mol. The van der Waals surface area contributed by atoms with Crippen molar-refractivity contribution in [1.82, 2.24) is 4.90 Å². The van der Waals surface area contributed by atoms with Gasteiger partial charge in [0.2, 0.25) is 5.91 Å². The third kappa shape index (κ3) is 3.06. The fourth-order valence-electron chi connectivity index (χ4n) is 3.90. The number of nitrogens with two attached hydrogens (primary N) is 1. The topological polar surface area (TPSA) is 46.3 Å². The number of rotatable bonds is 3. The minimum absolute atomic E-state index is 0. The number of nitrogens with zero attached hydrogens (tertiary/aromatic N) is 1. The highest BCUT2D eigenvalue weighted by atomic mass is 35.5. The summed E-state index contributed by atoms with van der Waals surface area (Å²) < 4.78 is 12.9. The van der Waals surface area contributed by atoms with Crippen LogP contribution in [-0.2, 0) is 11.3 Å². The Balaban J connectivity index is 0.00000161. The molecule has 2 saturated carbocycles. The van der Waals surface area contributed by atoms with E-state index in [2.05, 4.69) is 0 Å². The van der Waals surface area contributed by atoms with Gasteiger partial charge in [0.1, 0.15) is 5.82 Å². The van der Waals surface area contributed by atoms with Crippen molar-refractivity contribution >= 4 is 18.3 Å². The highest BCUT2D eigenvalue weighted by Gasteiger charge is 2.49. The van der Waals surface area contributed by atoms with Gasteiger partial charge in [-0.1, -0.05) is 12.1 Å². The molecule has 2 fully saturated rings. The summed E-state index contributed by atoms with van der Waals surface area (Å²) in [5.41, 5.74) is 7.16. The van der Waals surface area contributed by atoms with Gasteiger partial charge in [-0.15, -0.1) is 12.4 Å². The Bertz CT molecular complexity index is 506. The largest absolute Gasteiger partial charge is 0.341 e. The molecule has 3 nitrogen and oxygen atoms in total. The van der Waals surface area contributed by atoms with Crippen LogP contribution in [0.4, 0.5) is 4.39 Å². The summed E-state index contributed by atoms with van der Waals surface area (Å²) >= 11 is 0. The van der Waals surface area contributed by atoms with Crippen LogP contribution in [0.3, 0.4) is 0 Å². The molecule has 21 heavy (non-hydrogen) atoms. The van der Waals surface area contributed by atoms with Crippen molar-refractivity contribution in [2.24, 2.45) is 23.5 Å². The Labute approximate surface area is 131 Å². The van der Waals surface area contributed by atoms with Crippen LogP contribution < -0.4 is 5.73 Å². The minimum atomic E-state index is -0.252. The van der Waals surface area contributed by atoms with Gasteiger partial charge < -0.3 is 10.6 Å². The van der Waals surface area contributed by atoms with E-state index in [1.807, 2.05) is 7.05 Å². The first kappa shape index (κ1) is 16.2. The Hall–Kier alpha value is -1.13. The molecule has 4 atom stereocenters. The third-order valence-corrected chi connectivity index (χ3v) is 4.97. The average Bonchev–Trinajstić information content (AvgIpc) is 3.01. The van der Waals surface area contributed by atoms with E-state index < -0.39 is 0 Å². The summed E-state index contributed by atoms with van der Waals surface area (Å²) in [7, 11) is 1.81. The first-order valence-electron chi connectivity index (χ1n) is 7.31. The number of halogens is 2. The highest BCUT2D eigenvalue weighted by Crippen LogP contribution is 2.48. The van der Waals surface area contributed by atoms with Crippen LogP contribution in [-0.4, -0.2) is 23.9 Å². The number of hydrogen-bond acceptors (Lipinski definition) is 2. The lowest BCUT2D eigenvalue weighted by Crippen LogP contribution is -2.45. The summed E-state index contributed by atoms with van der Waals surface area (Å²) in [5.74, 6) is 0.886. The first-order valence-corrected chi connectivity index (χ1v) is 7.31. The number of carbonyl (C=O) groups is 1. The molecule has 5 heteroatoms. The molecule has 3 rings (SSSR count). The predicted molar refractivity (Wildman–Crippen MR) is 82.4 cm³/mol. The summed E-state index contributed by atoms with van der Waals surface area (Å²) in [5, 5.41) is 0. The second-order valence-electron chi connectivity index (χ2n) is 6.26. The van der Waals surface area contributed by atoms with Crippen LogP contribution >= 0.6 is 12.4 Å². The van der Waals surface area contributed by atoms with Crippen molar-refractivity contribution in [3.63, 3.8) is 0 Å². The predicted octanol–water partition coefficient (Wildman–Crippen LogP) is 2.58. The summed E-state index contributed by atoms with van der Waals surface area (Å²) in [4.78, 5) is 14.3. The maximum atomic E-state index is 12.9. The number of amides is 1. The zero-order valence-electron chi connectivity index (χ0n) is 12.2. The van der Waals surface area contributed by atoms with Gasteiger partial charge in [0.15, 0.2) is 0 Å². The Morgan fingerprint density at radius 3 is 2.48 bits per heavy atom. The molecule has 4 unspecified atom stereocenters. The van der Waals surface area contributed by atoms with Crippen LogP contribution in [0.2, 0.25) is 0 Å². The maximum Gasteiger partial charge on any atom is 0.227 e. The van der Waals surface area contributed by atoms with Gasteiger partial charge in [-0.2, -0.15) is 0 Å². The van der Waals surface area contributed by atoms with Gasteiger partial charge in [-0.3, -0.25) is 4.79 Å². The van der Waals surface area contributed by atoms with Gasteiger partial charge in [-0.25, -0.2) is 4.39 Å². The van der Waals surface area contributed by atoms with Crippen molar-refractivity contribution in [1.29, 1.82) is 0 Å². The van der Waals surface area contributed by atoms with Crippen molar-refractivity contribution < 1.29 is 9.18 Å². The summed E-state index contributed by atoms with van der Waals surface area (Å²) in [6.45, 7) is 0.514. The van der Waals surface area contributed by atoms with E-state index in [4.69, 9.17) is 5.73 Å². The van der Waals surface area contributed by atoms with Crippen LogP contribution in [0, 0.1) is 23.6 Å². The van der Waals surface area contributed by atoms with E-state index in [0.717, 1.165) is 18.4 Å². The van der Waals surface area contributed by atoms with E-state index in [1.54, 1.807) is 17.0 Å². The van der Waals surface area contributed by atoms with E-state index >= 15 is 0 Å². The Morgan fingerprint density at radius 1 is 1.29 bits per heavy atom. The van der Waals surface area contributed by atoms with Gasteiger partial charge in [0.25, 0.3) is 0 Å². The Morgan fingerprint density at radius 2 is 1.90 bits per heavy atom. The van der Waals surface area contributed by atoms with Crippen molar-refractivity contribution in [2.45, 2.75) is 31.8 Å². The molecule has 2 bridgehead atoms. The van der Waals surface area contributed by atoms with Crippen LogP contribution in [0.25, 0.3) is 0 Å². The molecule has 116 valence electrons. The van der Waals surface area contributed by atoms with E-state index in [9.17, 15) is 9.18 Å². The van der Waals surface area contributed by atoms with Gasteiger partial charge in [0.05, 0.1) is 5.92 Å². The van der Waals surface area contributed by atoms with Crippen molar-refractivity contribution in [2.75, 3.05) is 7.05 Å². The molecule has 0 heterocycles. The number of hydrogen-bond donors (Lipinski definition) is 1. The molecular weight excluding hydrogens is 291 g/mol. The molecule has 0 spiro atoms. The van der Waals surface area contributed by atoms with Gasteiger partial charge in [0, 0.05) is 19.6 Å². The summed E-state index contributed by atoms with van der Waals surface area (Å²) in [6, 6.07) is 6.32.